The SMILES string of the molecule is CNC(=O)c1cc(S(=O)(=O)N2CCC(N)C(C)C2)cn1C. The quantitative estimate of drug-likeness (QED) is 0.803. The Morgan fingerprint density at radius 2 is 2.14 bits per heavy atom. The maximum atomic E-state index is 12.7. The van der Waals surface area contributed by atoms with Crippen molar-refractivity contribution in [1.29, 1.82) is 0 Å². The van der Waals surface area contributed by atoms with E-state index in [4.69, 9.17) is 5.73 Å². The predicted molar refractivity (Wildman–Crippen MR) is 79.3 cm³/mol. The lowest BCUT2D eigenvalue weighted by molar-refractivity contribution is 0.0955. The van der Waals surface area contributed by atoms with E-state index in [9.17, 15) is 13.2 Å². The summed E-state index contributed by atoms with van der Waals surface area (Å²) >= 11 is 0. The molecule has 21 heavy (non-hydrogen) atoms. The van der Waals surface area contributed by atoms with Crippen LogP contribution >= 0.6 is 0 Å². The van der Waals surface area contributed by atoms with Gasteiger partial charge in [-0.1, -0.05) is 6.92 Å². The van der Waals surface area contributed by atoms with Gasteiger partial charge in [0.15, 0.2) is 0 Å². The minimum atomic E-state index is -3.58. The molecule has 0 saturated carbocycles. The monoisotopic (exact) mass is 314 g/mol. The highest BCUT2D eigenvalue weighted by Crippen LogP contribution is 2.24. The van der Waals surface area contributed by atoms with Crippen LogP contribution in [0.4, 0.5) is 0 Å². The van der Waals surface area contributed by atoms with Gasteiger partial charge in [0, 0.05) is 39.4 Å². The number of hydrogen-bond donors (Lipinski definition) is 2. The van der Waals surface area contributed by atoms with Crippen molar-refractivity contribution >= 4 is 15.9 Å². The van der Waals surface area contributed by atoms with E-state index in [0.29, 0.717) is 25.2 Å². The Morgan fingerprint density at radius 3 is 2.71 bits per heavy atom. The second-order valence-electron chi connectivity index (χ2n) is 5.54. The fraction of sp³-hybridized carbons (Fsp3) is 0.615. The fourth-order valence-electron chi connectivity index (χ4n) is 2.52. The van der Waals surface area contributed by atoms with E-state index in [-0.39, 0.29) is 22.8 Å². The molecule has 1 aromatic rings. The van der Waals surface area contributed by atoms with E-state index in [0.717, 1.165) is 0 Å². The van der Waals surface area contributed by atoms with Crippen LogP contribution in [0, 0.1) is 5.92 Å². The maximum absolute atomic E-state index is 12.7. The van der Waals surface area contributed by atoms with E-state index in [2.05, 4.69) is 5.32 Å². The summed E-state index contributed by atoms with van der Waals surface area (Å²) in [5, 5.41) is 2.49. The Morgan fingerprint density at radius 1 is 1.48 bits per heavy atom. The summed E-state index contributed by atoms with van der Waals surface area (Å²) < 4.78 is 28.3. The van der Waals surface area contributed by atoms with Gasteiger partial charge < -0.3 is 15.6 Å². The molecular weight excluding hydrogens is 292 g/mol. The number of nitrogens with zero attached hydrogens (tertiary/aromatic N) is 2. The van der Waals surface area contributed by atoms with Gasteiger partial charge in [0.2, 0.25) is 10.0 Å². The Kier molecular flexibility index (Phi) is 4.40. The number of sulfonamides is 1. The molecule has 1 aliphatic rings. The maximum Gasteiger partial charge on any atom is 0.267 e. The second kappa shape index (κ2) is 5.78. The van der Waals surface area contributed by atoms with Crippen LogP contribution in [-0.2, 0) is 17.1 Å². The van der Waals surface area contributed by atoms with Crippen LogP contribution < -0.4 is 11.1 Å². The van der Waals surface area contributed by atoms with Gasteiger partial charge in [-0.15, -0.1) is 0 Å². The van der Waals surface area contributed by atoms with Crippen LogP contribution in [0.2, 0.25) is 0 Å². The molecule has 0 aliphatic carbocycles. The van der Waals surface area contributed by atoms with Crippen LogP contribution in [0.5, 0.6) is 0 Å². The van der Waals surface area contributed by atoms with Gasteiger partial charge in [0.05, 0.1) is 0 Å². The van der Waals surface area contributed by atoms with E-state index in [1.165, 1.54) is 28.2 Å². The van der Waals surface area contributed by atoms with Crippen LogP contribution in [0.25, 0.3) is 0 Å². The summed E-state index contributed by atoms with van der Waals surface area (Å²) in [6.07, 6.45) is 2.12. The van der Waals surface area contributed by atoms with Crippen LogP contribution in [0.1, 0.15) is 23.8 Å². The van der Waals surface area contributed by atoms with Gasteiger partial charge in [0.25, 0.3) is 5.91 Å². The first-order valence-corrected chi connectivity index (χ1v) is 8.35. The molecule has 118 valence electrons. The highest BCUT2D eigenvalue weighted by molar-refractivity contribution is 7.89. The molecule has 7 nitrogen and oxygen atoms in total. The van der Waals surface area contributed by atoms with Crippen molar-refractivity contribution in [3.8, 4) is 0 Å². The zero-order valence-electron chi connectivity index (χ0n) is 12.5. The molecule has 2 rings (SSSR count). The van der Waals surface area contributed by atoms with Gasteiger partial charge in [-0.3, -0.25) is 4.79 Å². The van der Waals surface area contributed by atoms with Gasteiger partial charge >= 0.3 is 0 Å². The standard InChI is InChI=1S/C13H22N4O3S/c1-9-7-17(5-4-11(9)14)21(19,20)10-6-12(13(18)15-2)16(3)8-10/h6,8-9,11H,4-5,7,14H2,1-3H3,(H,15,18). The molecule has 1 fully saturated rings. The number of hydrogen-bond acceptors (Lipinski definition) is 4. The lowest BCUT2D eigenvalue weighted by Gasteiger charge is -2.33. The summed E-state index contributed by atoms with van der Waals surface area (Å²) in [5.74, 6) is -0.191. The first-order chi connectivity index (χ1) is 9.77. The Balaban J connectivity index is 2.30. The van der Waals surface area contributed by atoms with Gasteiger partial charge in [0.1, 0.15) is 10.6 Å². The highest BCUT2D eigenvalue weighted by Gasteiger charge is 2.33. The number of nitrogens with two attached hydrogens (primary N) is 1. The average Bonchev–Trinajstić information content (AvgIpc) is 2.83. The Labute approximate surface area is 125 Å². The van der Waals surface area contributed by atoms with Crippen molar-refractivity contribution in [2.24, 2.45) is 18.7 Å². The number of piperidine rings is 1. The summed E-state index contributed by atoms with van der Waals surface area (Å²) in [6, 6.07) is 1.45. The lowest BCUT2D eigenvalue weighted by Crippen LogP contribution is -2.47. The number of rotatable bonds is 3. The third kappa shape index (κ3) is 2.97. The second-order valence-corrected chi connectivity index (χ2v) is 7.48. The Bertz CT molecular complexity index is 638. The molecule has 1 aromatic heterocycles. The molecular formula is C13H22N4O3S. The Hall–Kier alpha value is -1.38. The largest absolute Gasteiger partial charge is 0.354 e. The van der Waals surface area contributed by atoms with Crippen molar-refractivity contribution in [1.82, 2.24) is 14.2 Å². The molecule has 1 amide bonds. The van der Waals surface area contributed by atoms with Crippen molar-refractivity contribution in [3.63, 3.8) is 0 Å². The summed E-state index contributed by atoms with van der Waals surface area (Å²) in [6.45, 7) is 2.78. The third-order valence-electron chi connectivity index (χ3n) is 4.01. The normalized spacial score (nSPS) is 24.0. The average molecular weight is 314 g/mol. The molecule has 3 N–H and O–H groups in total. The fourth-order valence-corrected chi connectivity index (χ4v) is 4.15. The van der Waals surface area contributed by atoms with Crippen molar-refractivity contribution in [2.45, 2.75) is 24.3 Å². The molecule has 0 aromatic carbocycles. The smallest absolute Gasteiger partial charge is 0.267 e. The van der Waals surface area contributed by atoms with E-state index in [1.807, 2.05) is 6.92 Å². The molecule has 2 heterocycles. The molecule has 1 saturated heterocycles. The molecule has 2 unspecified atom stereocenters. The van der Waals surface area contributed by atoms with Gasteiger partial charge in [-0.05, 0) is 18.4 Å². The number of carbonyl (C=O) groups excluding carboxylic acids is 1. The molecule has 2 atom stereocenters. The third-order valence-corrected chi connectivity index (χ3v) is 5.84. The number of aromatic nitrogens is 1. The topological polar surface area (TPSA) is 97.4 Å². The predicted octanol–water partition coefficient (Wildman–Crippen LogP) is -0.257. The molecule has 1 aliphatic heterocycles. The number of amides is 1. The van der Waals surface area contributed by atoms with Crippen LogP contribution in [-0.4, -0.2) is 49.4 Å². The van der Waals surface area contributed by atoms with Gasteiger partial charge in [-0.2, -0.15) is 4.31 Å². The van der Waals surface area contributed by atoms with E-state index in [1.54, 1.807) is 7.05 Å². The lowest BCUT2D eigenvalue weighted by atomic mass is 9.96. The van der Waals surface area contributed by atoms with Crippen molar-refractivity contribution in [3.05, 3.63) is 18.0 Å². The van der Waals surface area contributed by atoms with E-state index < -0.39 is 10.0 Å². The molecule has 0 radical (unpaired) electrons. The first-order valence-electron chi connectivity index (χ1n) is 6.91. The zero-order valence-corrected chi connectivity index (χ0v) is 13.4. The number of aryl methyl sites for hydroxylation is 1. The number of nitrogens with one attached hydrogen (secondary N) is 1. The van der Waals surface area contributed by atoms with Crippen LogP contribution in [0.15, 0.2) is 17.2 Å². The van der Waals surface area contributed by atoms with Gasteiger partial charge in [-0.25, -0.2) is 8.42 Å². The minimum absolute atomic E-state index is 0.0358. The summed E-state index contributed by atoms with van der Waals surface area (Å²) in [4.78, 5) is 11.8. The highest BCUT2D eigenvalue weighted by atomic mass is 32.2. The molecule has 0 bridgehead atoms. The summed E-state index contributed by atoms with van der Waals surface area (Å²) in [5.41, 5.74) is 6.25. The number of carbonyl (C=O) groups is 1. The summed E-state index contributed by atoms with van der Waals surface area (Å²) in [7, 11) is -0.423. The molecule has 8 heteroatoms. The first kappa shape index (κ1) is 16.0. The van der Waals surface area contributed by atoms with Crippen molar-refractivity contribution in [2.75, 3.05) is 20.1 Å². The van der Waals surface area contributed by atoms with Crippen molar-refractivity contribution < 1.29 is 13.2 Å². The minimum Gasteiger partial charge on any atom is -0.354 e. The molecule has 0 spiro atoms. The van der Waals surface area contributed by atoms with E-state index >= 15 is 0 Å². The van der Waals surface area contributed by atoms with Crippen LogP contribution in [0.3, 0.4) is 0 Å². The zero-order chi connectivity index (χ0) is 15.8.